The van der Waals surface area contributed by atoms with E-state index in [9.17, 15) is 0 Å². The van der Waals surface area contributed by atoms with Crippen molar-refractivity contribution in [3.05, 3.63) is 29.8 Å². The van der Waals surface area contributed by atoms with Gasteiger partial charge < -0.3 is 15.4 Å². The van der Waals surface area contributed by atoms with E-state index in [1.54, 1.807) is 0 Å². The lowest BCUT2D eigenvalue weighted by atomic mass is 9.98. The molecular formula is C15H24N2O. The molecule has 1 fully saturated rings. The molecule has 0 amide bonds. The van der Waals surface area contributed by atoms with Gasteiger partial charge in [-0.15, -0.1) is 0 Å². The third-order valence-corrected chi connectivity index (χ3v) is 3.73. The summed E-state index contributed by atoms with van der Waals surface area (Å²) in [7, 11) is 2.18. The predicted octanol–water partition coefficient (Wildman–Crippen LogP) is 2.43. The Bertz CT molecular complexity index is 353. The van der Waals surface area contributed by atoms with E-state index in [1.807, 2.05) is 19.1 Å². The van der Waals surface area contributed by atoms with E-state index in [4.69, 9.17) is 10.5 Å². The Kier molecular flexibility index (Phi) is 4.61. The van der Waals surface area contributed by atoms with Crippen LogP contribution in [0.4, 0.5) is 0 Å². The summed E-state index contributed by atoms with van der Waals surface area (Å²) in [5.74, 6) is 1.66. The van der Waals surface area contributed by atoms with E-state index >= 15 is 0 Å². The molecule has 18 heavy (non-hydrogen) atoms. The van der Waals surface area contributed by atoms with Crippen LogP contribution in [0, 0.1) is 5.92 Å². The first-order chi connectivity index (χ1) is 8.65. The lowest BCUT2D eigenvalue weighted by molar-refractivity contribution is 0.160. The van der Waals surface area contributed by atoms with Crippen LogP contribution in [0.5, 0.6) is 5.75 Å². The van der Waals surface area contributed by atoms with Gasteiger partial charge in [0.15, 0.2) is 0 Å². The third-order valence-electron chi connectivity index (χ3n) is 3.73. The van der Waals surface area contributed by atoms with Gasteiger partial charge in [0.1, 0.15) is 5.75 Å². The van der Waals surface area contributed by atoms with Crippen molar-refractivity contribution < 1.29 is 4.74 Å². The molecule has 2 rings (SSSR count). The van der Waals surface area contributed by atoms with Crippen LogP contribution in [-0.2, 0) is 0 Å². The molecule has 0 bridgehead atoms. The monoisotopic (exact) mass is 248 g/mol. The Hall–Kier alpha value is -1.06. The molecule has 1 unspecified atom stereocenters. The van der Waals surface area contributed by atoms with E-state index in [2.05, 4.69) is 24.1 Å². The Balaban J connectivity index is 1.79. The molecule has 3 heteroatoms. The van der Waals surface area contributed by atoms with Crippen LogP contribution >= 0.6 is 0 Å². The second-order valence-corrected chi connectivity index (χ2v) is 5.42. The van der Waals surface area contributed by atoms with Gasteiger partial charge in [-0.25, -0.2) is 0 Å². The van der Waals surface area contributed by atoms with Gasteiger partial charge in [-0.2, -0.15) is 0 Å². The molecule has 1 aromatic carbocycles. The van der Waals surface area contributed by atoms with Crippen LogP contribution in [-0.4, -0.2) is 31.6 Å². The summed E-state index contributed by atoms with van der Waals surface area (Å²) < 4.78 is 5.86. The predicted molar refractivity (Wildman–Crippen MR) is 74.8 cm³/mol. The number of hydrogen-bond acceptors (Lipinski definition) is 3. The van der Waals surface area contributed by atoms with Gasteiger partial charge in [0.25, 0.3) is 0 Å². The van der Waals surface area contributed by atoms with Crippen molar-refractivity contribution >= 4 is 0 Å². The van der Waals surface area contributed by atoms with Crippen LogP contribution in [0.25, 0.3) is 0 Å². The molecule has 1 aliphatic heterocycles. The van der Waals surface area contributed by atoms with Crippen molar-refractivity contribution in [1.29, 1.82) is 0 Å². The minimum atomic E-state index is 0.0907. The van der Waals surface area contributed by atoms with Crippen molar-refractivity contribution in [2.45, 2.75) is 25.8 Å². The Labute approximate surface area is 110 Å². The second-order valence-electron chi connectivity index (χ2n) is 5.42. The molecular weight excluding hydrogens is 224 g/mol. The fourth-order valence-electron chi connectivity index (χ4n) is 2.31. The molecule has 1 saturated heterocycles. The van der Waals surface area contributed by atoms with Gasteiger partial charge in [0.2, 0.25) is 0 Å². The third kappa shape index (κ3) is 3.72. The van der Waals surface area contributed by atoms with Gasteiger partial charge in [0, 0.05) is 6.04 Å². The van der Waals surface area contributed by atoms with Crippen molar-refractivity contribution in [1.82, 2.24) is 4.90 Å². The van der Waals surface area contributed by atoms with Crippen LogP contribution < -0.4 is 10.5 Å². The van der Waals surface area contributed by atoms with Gasteiger partial charge >= 0.3 is 0 Å². The lowest BCUT2D eigenvalue weighted by Crippen LogP contribution is -2.32. The molecule has 1 aliphatic rings. The highest BCUT2D eigenvalue weighted by Crippen LogP contribution is 2.20. The quantitative estimate of drug-likeness (QED) is 0.889. The van der Waals surface area contributed by atoms with Crippen LogP contribution in [0.2, 0.25) is 0 Å². The minimum Gasteiger partial charge on any atom is -0.493 e. The highest BCUT2D eigenvalue weighted by atomic mass is 16.5. The molecule has 0 aromatic heterocycles. The maximum atomic E-state index is 5.86. The number of rotatable bonds is 4. The topological polar surface area (TPSA) is 38.5 Å². The van der Waals surface area contributed by atoms with Crippen LogP contribution in [0.1, 0.15) is 31.4 Å². The molecule has 1 atom stereocenters. The van der Waals surface area contributed by atoms with Gasteiger partial charge in [-0.3, -0.25) is 0 Å². The van der Waals surface area contributed by atoms with Crippen molar-refractivity contribution in [2.75, 3.05) is 26.7 Å². The maximum Gasteiger partial charge on any atom is 0.119 e. The summed E-state index contributed by atoms with van der Waals surface area (Å²) in [5, 5.41) is 0. The van der Waals surface area contributed by atoms with Crippen molar-refractivity contribution in [3.63, 3.8) is 0 Å². The molecule has 1 aromatic rings. The zero-order chi connectivity index (χ0) is 13.0. The average molecular weight is 248 g/mol. The van der Waals surface area contributed by atoms with Crippen LogP contribution in [0.3, 0.4) is 0 Å². The fourth-order valence-corrected chi connectivity index (χ4v) is 2.31. The number of benzene rings is 1. The molecule has 0 radical (unpaired) electrons. The first-order valence-corrected chi connectivity index (χ1v) is 6.82. The molecule has 3 nitrogen and oxygen atoms in total. The molecule has 0 spiro atoms. The molecule has 100 valence electrons. The van der Waals surface area contributed by atoms with E-state index in [1.165, 1.54) is 25.9 Å². The summed E-state index contributed by atoms with van der Waals surface area (Å²) >= 11 is 0. The SMILES string of the molecule is CC(N)c1ccc(OCC2CCN(C)CC2)cc1. The normalized spacial score (nSPS) is 19.7. The first kappa shape index (κ1) is 13.4. The van der Waals surface area contributed by atoms with Gasteiger partial charge in [0.05, 0.1) is 6.61 Å². The zero-order valence-corrected chi connectivity index (χ0v) is 11.4. The highest BCUT2D eigenvalue weighted by Gasteiger charge is 2.17. The zero-order valence-electron chi connectivity index (χ0n) is 11.4. The van der Waals surface area contributed by atoms with E-state index in [-0.39, 0.29) is 6.04 Å². The minimum absolute atomic E-state index is 0.0907. The van der Waals surface area contributed by atoms with E-state index in [0.717, 1.165) is 17.9 Å². The van der Waals surface area contributed by atoms with E-state index in [0.29, 0.717) is 5.92 Å². The smallest absolute Gasteiger partial charge is 0.119 e. The van der Waals surface area contributed by atoms with Crippen molar-refractivity contribution in [3.8, 4) is 5.75 Å². The van der Waals surface area contributed by atoms with Crippen LogP contribution in [0.15, 0.2) is 24.3 Å². The largest absolute Gasteiger partial charge is 0.493 e. The summed E-state index contributed by atoms with van der Waals surface area (Å²) in [6.07, 6.45) is 2.49. The Morgan fingerprint density at radius 3 is 2.44 bits per heavy atom. The Morgan fingerprint density at radius 2 is 1.89 bits per heavy atom. The summed E-state index contributed by atoms with van der Waals surface area (Å²) in [5.41, 5.74) is 6.98. The highest BCUT2D eigenvalue weighted by molar-refractivity contribution is 5.28. The summed E-state index contributed by atoms with van der Waals surface area (Å²) in [4.78, 5) is 2.38. The second kappa shape index (κ2) is 6.21. The number of piperidine rings is 1. The van der Waals surface area contributed by atoms with E-state index < -0.39 is 0 Å². The van der Waals surface area contributed by atoms with Gasteiger partial charge in [-0.1, -0.05) is 12.1 Å². The fraction of sp³-hybridized carbons (Fsp3) is 0.600. The average Bonchev–Trinajstić information content (AvgIpc) is 2.38. The first-order valence-electron chi connectivity index (χ1n) is 6.82. The number of ether oxygens (including phenoxy) is 1. The lowest BCUT2D eigenvalue weighted by Gasteiger charge is -2.28. The molecule has 0 saturated carbocycles. The number of nitrogens with zero attached hydrogens (tertiary/aromatic N) is 1. The number of likely N-dealkylation sites (tertiary alicyclic amines) is 1. The standard InChI is InChI=1S/C15H24N2O/c1-12(16)14-3-5-15(6-4-14)18-11-13-7-9-17(2)10-8-13/h3-6,12-13H,7-11,16H2,1-2H3. The molecule has 2 N–H and O–H groups in total. The van der Waals surface area contributed by atoms with Crippen molar-refractivity contribution in [2.24, 2.45) is 11.7 Å². The maximum absolute atomic E-state index is 5.86. The molecule has 0 aliphatic carbocycles. The summed E-state index contributed by atoms with van der Waals surface area (Å²) in [6.45, 7) is 5.22. The number of nitrogens with two attached hydrogens (primary N) is 1. The molecule has 1 heterocycles. The Morgan fingerprint density at radius 1 is 1.28 bits per heavy atom. The van der Waals surface area contributed by atoms with Gasteiger partial charge in [-0.05, 0) is 63.5 Å². The number of hydrogen-bond donors (Lipinski definition) is 1. The summed E-state index contributed by atoms with van der Waals surface area (Å²) in [6, 6.07) is 8.23.